The summed E-state index contributed by atoms with van der Waals surface area (Å²) >= 11 is 2.18. The highest BCUT2D eigenvalue weighted by molar-refractivity contribution is 7.99. The number of furan rings is 1. The van der Waals surface area contributed by atoms with E-state index in [1.807, 2.05) is 6.07 Å². The molecule has 2 heterocycles. The minimum absolute atomic E-state index is 0.122. The first kappa shape index (κ1) is 21.1. The molecule has 0 radical (unpaired) electrons. The minimum Gasteiger partial charge on any atom is -0.472 e. The van der Waals surface area contributed by atoms with E-state index in [0.717, 1.165) is 48.5 Å². The van der Waals surface area contributed by atoms with Crippen LogP contribution in [-0.2, 0) is 10.3 Å². The highest BCUT2D eigenvalue weighted by Crippen LogP contribution is 2.79. The highest BCUT2D eigenvalue weighted by atomic mass is 32.2. The number of aliphatic hydroxyl groups is 1. The summed E-state index contributed by atoms with van der Waals surface area (Å²) in [7, 11) is 0. The fraction of sp³-hybridized carbons (Fsp3) is 0.846. The van der Waals surface area contributed by atoms with Gasteiger partial charge in [-0.1, -0.05) is 13.8 Å². The maximum Gasteiger partial charge on any atom is 0.106 e. The lowest BCUT2D eigenvalue weighted by Gasteiger charge is -2.62. The molecule has 4 saturated carbocycles. The lowest BCUT2D eigenvalue weighted by atomic mass is 9.43. The lowest BCUT2D eigenvalue weighted by Crippen LogP contribution is -2.61. The molecule has 6 rings (SSSR count). The van der Waals surface area contributed by atoms with E-state index in [0.29, 0.717) is 11.3 Å². The van der Waals surface area contributed by atoms with E-state index in [1.54, 1.807) is 12.5 Å². The van der Waals surface area contributed by atoms with Gasteiger partial charge in [-0.25, -0.2) is 0 Å². The third-order valence-corrected chi connectivity index (χ3v) is 12.3. The van der Waals surface area contributed by atoms with Gasteiger partial charge in [0, 0.05) is 22.6 Å². The molecule has 5 heteroatoms. The molecule has 1 aromatic rings. The summed E-state index contributed by atoms with van der Waals surface area (Å²) in [6, 6.07) is 1.97. The molecule has 1 aliphatic heterocycles. The van der Waals surface area contributed by atoms with Crippen LogP contribution in [0.1, 0.15) is 77.2 Å². The maximum atomic E-state index is 12.0. The molecule has 4 aliphatic carbocycles. The average molecular weight is 446 g/mol. The largest absolute Gasteiger partial charge is 0.472 e. The van der Waals surface area contributed by atoms with Crippen molar-refractivity contribution in [3.63, 3.8) is 0 Å². The molecule has 0 aromatic carbocycles. The second-order valence-electron chi connectivity index (χ2n) is 11.7. The van der Waals surface area contributed by atoms with Gasteiger partial charge in [0.15, 0.2) is 0 Å². The van der Waals surface area contributed by atoms with Crippen LogP contribution in [-0.4, -0.2) is 34.4 Å². The van der Waals surface area contributed by atoms with Crippen LogP contribution in [0.3, 0.4) is 0 Å². The van der Waals surface area contributed by atoms with E-state index in [-0.39, 0.29) is 17.1 Å². The van der Waals surface area contributed by atoms with Crippen LogP contribution in [0.25, 0.3) is 0 Å². The summed E-state index contributed by atoms with van der Waals surface area (Å²) in [6.45, 7) is 5.75. The smallest absolute Gasteiger partial charge is 0.106 e. The number of rotatable bonds is 5. The first-order chi connectivity index (χ1) is 14.9. The third kappa shape index (κ3) is 2.61. The molecule has 1 spiro atoms. The van der Waals surface area contributed by atoms with Crippen LogP contribution in [0.5, 0.6) is 0 Å². The Bertz CT molecular complexity index is 831. The molecule has 3 N–H and O–H groups in total. The van der Waals surface area contributed by atoms with Crippen molar-refractivity contribution in [2.24, 2.45) is 34.3 Å². The molecule has 9 atom stereocenters. The number of ether oxygens (including phenoxy) is 1. The highest BCUT2D eigenvalue weighted by Gasteiger charge is 2.84. The summed E-state index contributed by atoms with van der Waals surface area (Å²) in [5.41, 5.74) is 5.96. The number of fused-ring (bicyclic) bond motifs is 3. The Morgan fingerprint density at radius 1 is 1.16 bits per heavy atom. The SMILES string of the molecule is C[C@]12CC[C@H](SCCCN)C[C@H]1CC[C@@H]1[C@@H]2CC[C@@]2(C)[C@@]13O[C@@H]3C[C@]2(O)c1ccoc1. The number of epoxide rings is 1. The van der Waals surface area contributed by atoms with Gasteiger partial charge in [0.25, 0.3) is 0 Å². The number of hydrogen-bond donors (Lipinski definition) is 2. The summed E-state index contributed by atoms with van der Waals surface area (Å²) < 4.78 is 12.0. The van der Waals surface area contributed by atoms with E-state index in [4.69, 9.17) is 14.9 Å². The minimum atomic E-state index is -0.817. The zero-order valence-corrected chi connectivity index (χ0v) is 20.0. The van der Waals surface area contributed by atoms with Crippen molar-refractivity contribution in [1.29, 1.82) is 0 Å². The Kier molecular flexibility index (Phi) is 4.76. The Labute approximate surface area is 191 Å². The third-order valence-electron chi connectivity index (χ3n) is 10.9. The van der Waals surface area contributed by atoms with E-state index < -0.39 is 5.60 Å². The van der Waals surface area contributed by atoms with E-state index >= 15 is 0 Å². The summed E-state index contributed by atoms with van der Waals surface area (Å²) in [5.74, 6) is 3.41. The molecule has 1 aromatic heterocycles. The molecule has 5 aliphatic rings. The van der Waals surface area contributed by atoms with Crippen molar-refractivity contribution in [3.8, 4) is 0 Å². The second kappa shape index (κ2) is 7.01. The van der Waals surface area contributed by atoms with Crippen molar-refractivity contribution in [1.82, 2.24) is 0 Å². The topological polar surface area (TPSA) is 71.9 Å². The van der Waals surface area contributed by atoms with Crippen molar-refractivity contribution >= 4 is 11.8 Å². The normalized spacial score (nSPS) is 52.7. The van der Waals surface area contributed by atoms with Gasteiger partial charge in [-0.05, 0) is 92.9 Å². The lowest BCUT2D eigenvalue weighted by molar-refractivity contribution is -0.189. The Morgan fingerprint density at radius 3 is 2.81 bits per heavy atom. The van der Waals surface area contributed by atoms with Crippen molar-refractivity contribution in [2.45, 2.75) is 94.2 Å². The van der Waals surface area contributed by atoms with E-state index in [1.165, 1.54) is 44.3 Å². The monoisotopic (exact) mass is 445 g/mol. The average Bonchev–Trinajstić information content (AvgIpc) is 3.11. The zero-order chi connectivity index (χ0) is 21.5. The molecule has 1 saturated heterocycles. The number of nitrogens with two attached hydrogens (primary N) is 1. The number of hydrogen-bond acceptors (Lipinski definition) is 5. The van der Waals surface area contributed by atoms with Crippen LogP contribution < -0.4 is 5.73 Å². The Morgan fingerprint density at radius 2 is 2.03 bits per heavy atom. The van der Waals surface area contributed by atoms with Gasteiger partial charge in [0.1, 0.15) is 11.2 Å². The van der Waals surface area contributed by atoms with Crippen molar-refractivity contribution in [2.75, 3.05) is 12.3 Å². The quantitative estimate of drug-likeness (QED) is 0.488. The fourth-order valence-corrected chi connectivity index (χ4v) is 10.4. The predicted molar refractivity (Wildman–Crippen MR) is 124 cm³/mol. The molecule has 0 bridgehead atoms. The molecule has 0 unspecified atom stereocenters. The van der Waals surface area contributed by atoms with Crippen LogP contribution in [0.2, 0.25) is 0 Å². The molecule has 4 nitrogen and oxygen atoms in total. The van der Waals surface area contributed by atoms with Gasteiger partial charge < -0.3 is 20.0 Å². The van der Waals surface area contributed by atoms with Crippen LogP contribution in [0.15, 0.2) is 23.0 Å². The Balaban J connectivity index is 1.25. The standard InChI is InChI=1S/C26H39NO3S/c1-23-9-6-19(31-13-3-11-27)14-17(23)4-5-21-20(23)7-10-24(2)25(28,18-8-12-29-16-18)15-22-26(21,24)30-22/h8,12,16-17,19-22,28H,3-7,9-11,13-15,27H2,1-2H3/t17-,19+,20+,21-,22-,23+,24-,25+,26-/m1/s1. The van der Waals surface area contributed by atoms with Crippen molar-refractivity contribution < 1.29 is 14.3 Å². The predicted octanol–water partition coefficient (Wildman–Crippen LogP) is 5.09. The molecular weight excluding hydrogens is 406 g/mol. The Hall–Kier alpha value is -0.490. The van der Waals surface area contributed by atoms with Gasteiger partial charge >= 0.3 is 0 Å². The summed E-state index contributed by atoms with van der Waals surface area (Å²) in [6.07, 6.45) is 14.6. The van der Waals surface area contributed by atoms with Crippen LogP contribution >= 0.6 is 11.8 Å². The first-order valence-electron chi connectivity index (χ1n) is 12.6. The van der Waals surface area contributed by atoms with E-state index in [2.05, 4.69) is 25.6 Å². The number of thioether (sulfide) groups is 1. The molecule has 0 amide bonds. The van der Waals surface area contributed by atoms with E-state index in [9.17, 15) is 5.11 Å². The van der Waals surface area contributed by atoms with Crippen LogP contribution in [0, 0.1) is 28.6 Å². The summed E-state index contributed by atoms with van der Waals surface area (Å²) in [5, 5.41) is 12.8. The molecule has 31 heavy (non-hydrogen) atoms. The van der Waals surface area contributed by atoms with Gasteiger partial charge in [-0.15, -0.1) is 0 Å². The fourth-order valence-electron chi connectivity index (χ4n) is 9.10. The summed E-state index contributed by atoms with van der Waals surface area (Å²) in [4.78, 5) is 0. The first-order valence-corrected chi connectivity index (χ1v) is 13.7. The maximum absolute atomic E-state index is 12.0. The molecule has 5 fully saturated rings. The molecular formula is C26H39NO3S. The molecule has 172 valence electrons. The van der Waals surface area contributed by atoms with Gasteiger partial charge in [0.2, 0.25) is 0 Å². The van der Waals surface area contributed by atoms with Gasteiger partial charge in [-0.2, -0.15) is 11.8 Å². The van der Waals surface area contributed by atoms with Gasteiger partial charge in [0.05, 0.1) is 18.6 Å². The van der Waals surface area contributed by atoms with Crippen LogP contribution in [0.4, 0.5) is 0 Å². The second-order valence-corrected chi connectivity index (χ2v) is 13.2. The van der Waals surface area contributed by atoms with Gasteiger partial charge in [-0.3, -0.25) is 0 Å². The van der Waals surface area contributed by atoms with Crippen molar-refractivity contribution in [3.05, 3.63) is 24.2 Å². The zero-order valence-electron chi connectivity index (χ0n) is 19.1.